The molecule has 0 radical (unpaired) electrons. The van der Waals surface area contributed by atoms with Gasteiger partial charge in [0.1, 0.15) is 11.8 Å². The van der Waals surface area contributed by atoms with Gasteiger partial charge in [0, 0.05) is 24.5 Å². The predicted octanol–water partition coefficient (Wildman–Crippen LogP) is 1.63. The Morgan fingerprint density at radius 1 is 1.48 bits per heavy atom. The number of likely N-dealkylation sites (tertiary alicyclic amines) is 1. The monoisotopic (exact) mass is 301 g/mol. The Hall–Kier alpha value is -1.99. The summed E-state index contributed by atoms with van der Waals surface area (Å²) in [6, 6.07) is 4.42. The molecular formula is C14H15N5OS. The van der Waals surface area contributed by atoms with Crippen molar-refractivity contribution in [3.05, 3.63) is 45.4 Å². The van der Waals surface area contributed by atoms with Gasteiger partial charge in [0.25, 0.3) is 0 Å². The number of nitrogens with zero attached hydrogens (tertiary/aromatic N) is 4. The van der Waals surface area contributed by atoms with Crippen LogP contribution in [0.3, 0.4) is 0 Å². The second kappa shape index (κ2) is 5.09. The minimum atomic E-state index is -0.0894. The molecule has 1 fully saturated rings. The van der Waals surface area contributed by atoms with E-state index in [9.17, 15) is 4.79 Å². The molecule has 4 rings (SSSR count). The average Bonchev–Trinajstić information content (AvgIpc) is 3.18. The Morgan fingerprint density at radius 2 is 2.43 bits per heavy atom. The number of aromatic nitrogens is 4. The van der Waals surface area contributed by atoms with Crippen LogP contribution in [-0.4, -0.2) is 37.5 Å². The Labute approximate surface area is 125 Å². The molecule has 108 valence electrons. The number of hydrogen-bond donors (Lipinski definition) is 1. The first-order valence-corrected chi connectivity index (χ1v) is 7.84. The summed E-state index contributed by atoms with van der Waals surface area (Å²) in [5.41, 5.74) is 1.32. The molecule has 6 nitrogen and oxygen atoms in total. The lowest BCUT2D eigenvalue weighted by atomic mass is 10.2. The van der Waals surface area contributed by atoms with Crippen LogP contribution in [-0.2, 0) is 6.54 Å². The van der Waals surface area contributed by atoms with Crippen LogP contribution in [0.25, 0.3) is 11.2 Å². The maximum atomic E-state index is 12.2. The van der Waals surface area contributed by atoms with E-state index < -0.39 is 0 Å². The van der Waals surface area contributed by atoms with Gasteiger partial charge in [-0.2, -0.15) is 0 Å². The number of hydrogen-bond acceptors (Lipinski definition) is 5. The van der Waals surface area contributed by atoms with Crippen LogP contribution in [0.5, 0.6) is 0 Å². The van der Waals surface area contributed by atoms with E-state index in [0.717, 1.165) is 26.1 Å². The van der Waals surface area contributed by atoms with Crippen molar-refractivity contribution in [1.82, 2.24) is 24.4 Å². The summed E-state index contributed by atoms with van der Waals surface area (Å²) in [5, 5.41) is 2.10. The molecule has 1 atom stereocenters. The van der Waals surface area contributed by atoms with Gasteiger partial charge in [-0.05, 0) is 17.9 Å². The summed E-state index contributed by atoms with van der Waals surface area (Å²) in [7, 11) is 0. The van der Waals surface area contributed by atoms with Gasteiger partial charge in [-0.25, -0.2) is 14.8 Å². The van der Waals surface area contributed by atoms with Gasteiger partial charge in [0.15, 0.2) is 5.65 Å². The van der Waals surface area contributed by atoms with E-state index in [1.807, 2.05) is 0 Å². The lowest BCUT2D eigenvalue weighted by Crippen LogP contribution is -2.26. The first kappa shape index (κ1) is 12.7. The highest BCUT2D eigenvalue weighted by Crippen LogP contribution is 2.25. The summed E-state index contributed by atoms with van der Waals surface area (Å²) in [6.45, 7) is 2.85. The minimum Gasteiger partial charge on any atom is -0.303 e. The summed E-state index contributed by atoms with van der Waals surface area (Å²) < 4.78 is 1.78. The number of imidazole rings is 1. The smallest absolute Gasteiger partial charge is 0.303 e. The highest BCUT2D eigenvalue weighted by molar-refractivity contribution is 7.09. The molecule has 3 aromatic rings. The third-order valence-electron chi connectivity index (χ3n) is 3.95. The Kier molecular flexibility index (Phi) is 3.08. The maximum Gasteiger partial charge on any atom is 0.328 e. The van der Waals surface area contributed by atoms with E-state index >= 15 is 0 Å². The SMILES string of the molecule is O=c1[nH]c2cncnc2n1[C@@H]1CCN(Cc2cccs2)C1. The summed E-state index contributed by atoms with van der Waals surface area (Å²) in [6.07, 6.45) is 4.12. The maximum absolute atomic E-state index is 12.2. The van der Waals surface area contributed by atoms with Crippen molar-refractivity contribution >= 4 is 22.5 Å². The highest BCUT2D eigenvalue weighted by atomic mass is 32.1. The van der Waals surface area contributed by atoms with Crippen molar-refractivity contribution in [2.24, 2.45) is 0 Å². The number of thiophene rings is 1. The topological polar surface area (TPSA) is 66.8 Å². The van der Waals surface area contributed by atoms with Crippen molar-refractivity contribution in [1.29, 1.82) is 0 Å². The van der Waals surface area contributed by atoms with Gasteiger partial charge in [-0.15, -0.1) is 11.3 Å². The standard InChI is InChI=1S/C14H15N5OS/c20-14-17-12-6-15-9-16-13(12)19(14)10-3-4-18(7-10)8-11-2-1-5-21-11/h1-2,5-6,9-10H,3-4,7-8H2,(H,17,20)/t10-/m1/s1. The Morgan fingerprint density at radius 3 is 3.29 bits per heavy atom. The first-order valence-electron chi connectivity index (χ1n) is 6.96. The van der Waals surface area contributed by atoms with Crippen LogP contribution >= 0.6 is 11.3 Å². The quantitative estimate of drug-likeness (QED) is 0.798. The summed E-state index contributed by atoms with van der Waals surface area (Å²) in [4.78, 5) is 27.0. The van der Waals surface area contributed by atoms with Gasteiger partial charge in [0.2, 0.25) is 0 Å². The van der Waals surface area contributed by atoms with Crippen LogP contribution in [0, 0.1) is 0 Å². The fraction of sp³-hybridized carbons (Fsp3) is 0.357. The van der Waals surface area contributed by atoms with Crippen molar-refractivity contribution < 1.29 is 0 Å². The molecular weight excluding hydrogens is 286 g/mol. The van der Waals surface area contributed by atoms with Crippen molar-refractivity contribution in [2.75, 3.05) is 13.1 Å². The molecule has 0 unspecified atom stereocenters. The number of fused-ring (bicyclic) bond motifs is 1. The average molecular weight is 301 g/mol. The van der Waals surface area contributed by atoms with Crippen LogP contribution in [0.15, 0.2) is 34.8 Å². The zero-order chi connectivity index (χ0) is 14.2. The van der Waals surface area contributed by atoms with Gasteiger partial charge >= 0.3 is 5.69 Å². The zero-order valence-corrected chi connectivity index (χ0v) is 12.2. The molecule has 0 spiro atoms. The molecule has 0 saturated carbocycles. The fourth-order valence-corrected chi connectivity index (χ4v) is 3.75. The third kappa shape index (κ3) is 2.28. The number of nitrogens with one attached hydrogen (secondary N) is 1. The molecule has 3 aromatic heterocycles. The zero-order valence-electron chi connectivity index (χ0n) is 11.4. The van der Waals surface area contributed by atoms with Crippen LogP contribution in [0.1, 0.15) is 17.3 Å². The van der Waals surface area contributed by atoms with E-state index in [1.54, 1.807) is 22.1 Å². The molecule has 21 heavy (non-hydrogen) atoms. The number of aromatic amines is 1. The summed E-state index contributed by atoms with van der Waals surface area (Å²) in [5.74, 6) is 0. The normalized spacial score (nSPS) is 19.5. The second-order valence-corrected chi connectivity index (χ2v) is 6.35. The van der Waals surface area contributed by atoms with Crippen LogP contribution < -0.4 is 5.69 Å². The molecule has 0 aliphatic carbocycles. The van der Waals surface area contributed by atoms with E-state index in [1.165, 1.54) is 11.2 Å². The fourth-order valence-electron chi connectivity index (χ4n) is 3.00. The lowest BCUT2D eigenvalue weighted by Gasteiger charge is -2.15. The molecule has 1 aliphatic heterocycles. The van der Waals surface area contributed by atoms with Gasteiger partial charge in [-0.3, -0.25) is 9.47 Å². The van der Waals surface area contributed by atoms with Crippen LogP contribution in [0.2, 0.25) is 0 Å². The van der Waals surface area contributed by atoms with E-state index in [-0.39, 0.29) is 11.7 Å². The second-order valence-electron chi connectivity index (χ2n) is 5.32. The molecule has 1 aliphatic rings. The van der Waals surface area contributed by atoms with Gasteiger partial charge in [-0.1, -0.05) is 6.07 Å². The Balaban J connectivity index is 1.59. The highest BCUT2D eigenvalue weighted by Gasteiger charge is 2.27. The largest absolute Gasteiger partial charge is 0.328 e. The van der Waals surface area contributed by atoms with Crippen molar-refractivity contribution in [2.45, 2.75) is 19.0 Å². The van der Waals surface area contributed by atoms with Crippen LogP contribution in [0.4, 0.5) is 0 Å². The lowest BCUT2D eigenvalue weighted by molar-refractivity contribution is 0.319. The van der Waals surface area contributed by atoms with Crippen molar-refractivity contribution in [3.63, 3.8) is 0 Å². The third-order valence-corrected chi connectivity index (χ3v) is 4.81. The molecule has 7 heteroatoms. The molecule has 4 heterocycles. The Bertz CT molecular complexity index is 806. The number of H-pyrrole nitrogens is 1. The molecule has 0 aromatic carbocycles. The first-order chi connectivity index (χ1) is 10.3. The molecule has 0 bridgehead atoms. The molecule has 0 amide bonds. The van der Waals surface area contributed by atoms with Gasteiger partial charge in [0.05, 0.1) is 12.2 Å². The number of rotatable bonds is 3. The predicted molar refractivity (Wildman–Crippen MR) is 81.4 cm³/mol. The molecule has 1 N–H and O–H groups in total. The minimum absolute atomic E-state index is 0.0894. The van der Waals surface area contributed by atoms with E-state index in [0.29, 0.717) is 11.2 Å². The summed E-state index contributed by atoms with van der Waals surface area (Å²) >= 11 is 1.78. The van der Waals surface area contributed by atoms with Crippen molar-refractivity contribution in [3.8, 4) is 0 Å². The molecule has 1 saturated heterocycles. The van der Waals surface area contributed by atoms with E-state index in [2.05, 4.69) is 37.4 Å². The van der Waals surface area contributed by atoms with E-state index in [4.69, 9.17) is 0 Å². The van der Waals surface area contributed by atoms with Gasteiger partial charge < -0.3 is 4.98 Å².